The first-order valence-corrected chi connectivity index (χ1v) is 11.0. The Kier molecular flexibility index (Phi) is 7.29. The molecule has 1 aliphatic rings. The predicted molar refractivity (Wildman–Crippen MR) is 99.6 cm³/mol. The third-order valence-electron chi connectivity index (χ3n) is 4.50. The van der Waals surface area contributed by atoms with E-state index in [0.717, 1.165) is 24.2 Å². The van der Waals surface area contributed by atoms with Crippen LogP contribution in [0.15, 0.2) is 24.3 Å². The summed E-state index contributed by atoms with van der Waals surface area (Å²) in [6.07, 6.45) is 5.97. The minimum absolute atomic E-state index is 0.0139. The SMILES string of the molecule is CCS(=O)(=O)C[C@@H](C)NC(=O)CCc1cccc(OC2CCCC2)c1. The molecule has 1 amide bonds. The van der Waals surface area contributed by atoms with E-state index in [4.69, 9.17) is 4.74 Å². The predicted octanol–water partition coefficient (Wildman–Crippen LogP) is 2.88. The number of carbonyl (C=O) groups is 1. The Labute approximate surface area is 151 Å². The molecule has 0 saturated heterocycles. The standard InChI is InChI=1S/C19H29NO4S/c1-3-25(22,23)14-15(2)20-19(21)12-11-16-7-6-10-18(13-16)24-17-8-4-5-9-17/h6-7,10,13,15,17H,3-5,8-9,11-12,14H2,1-2H3,(H,20,21)/t15-/m1/s1. The van der Waals surface area contributed by atoms with Crippen LogP contribution in [0.2, 0.25) is 0 Å². The first-order chi connectivity index (χ1) is 11.9. The summed E-state index contributed by atoms with van der Waals surface area (Å²) < 4.78 is 29.2. The van der Waals surface area contributed by atoms with Gasteiger partial charge in [0.05, 0.1) is 11.9 Å². The Balaban J connectivity index is 1.79. The minimum Gasteiger partial charge on any atom is -0.490 e. The number of aryl methyl sites for hydroxylation is 1. The third-order valence-corrected chi connectivity index (χ3v) is 6.38. The smallest absolute Gasteiger partial charge is 0.220 e. The quantitative estimate of drug-likeness (QED) is 0.728. The molecular formula is C19H29NO4S. The molecule has 0 bridgehead atoms. The number of amides is 1. The maximum atomic E-state index is 12.0. The summed E-state index contributed by atoms with van der Waals surface area (Å²) in [6, 6.07) is 7.53. The van der Waals surface area contributed by atoms with E-state index in [9.17, 15) is 13.2 Å². The zero-order valence-corrected chi connectivity index (χ0v) is 16.0. The van der Waals surface area contributed by atoms with Gasteiger partial charge in [0, 0.05) is 18.2 Å². The highest BCUT2D eigenvalue weighted by Gasteiger charge is 2.17. The number of benzene rings is 1. The van der Waals surface area contributed by atoms with Gasteiger partial charge in [0.15, 0.2) is 9.84 Å². The summed E-state index contributed by atoms with van der Waals surface area (Å²) in [5.41, 5.74) is 1.06. The zero-order valence-electron chi connectivity index (χ0n) is 15.2. The van der Waals surface area contributed by atoms with Gasteiger partial charge in [-0.25, -0.2) is 8.42 Å². The van der Waals surface area contributed by atoms with Crippen LogP contribution in [0.5, 0.6) is 5.75 Å². The van der Waals surface area contributed by atoms with E-state index in [-0.39, 0.29) is 23.5 Å². The van der Waals surface area contributed by atoms with Crippen LogP contribution < -0.4 is 10.1 Å². The Bertz CT molecular complexity index is 666. The molecule has 0 spiro atoms. The molecule has 6 heteroatoms. The van der Waals surface area contributed by atoms with E-state index in [0.29, 0.717) is 18.9 Å². The van der Waals surface area contributed by atoms with Crippen molar-refractivity contribution in [1.29, 1.82) is 0 Å². The minimum atomic E-state index is -3.08. The third kappa shape index (κ3) is 7.06. The van der Waals surface area contributed by atoms with Crippen molar-refractivity contribution in [3.8, 4) is 5.75 Å². The Morgan fingerprint density at radius 3 is 2.72 bits per heavy atom. The van der Waals surface area contributed by atoms with Gasteiger partial charge in [0.1, 0.15) is 5.75 Å². The summed E-state index contributed by atoms with van der Waals surface area (Å²) in [4.78, 5) is 12.0. The monoisotopic (exact) mass is 367 g/mol. The van der Waals surface area contributed by atoms with Crippen LogP contribution >= 0.6 is 0 Å². The molecule has 0 aromatic heterocycles. The number of ether oxygens (including phenoxy) is 1. The summed E-state index contributed by atoms with van der Waals surface area (Å²) in [6.45, 7) is 3.34. The van der Waals surface area contributed by atoms with Gasteiger partial charge < -0.3 is 10.1 Å². The molecule has 2 rings (SSSR count). The highest BCUT2D eigenvalue weighted by atomic mass is 32.2. The Morgan fingerprint density at radius 2 is 2.04 bits per heavy atom. The van der Waals surface area contributed by atoms with Crippen molar-refractivity contribution in [3.63, 3.8) is 0 Å². The van der Waals surface area contributed by atoms with Gasteiger partial charge in [-0.1, -0.05) is 19.1 Å². The van der Waals surface area contributed by atoms with Gasteiger partial charge >= 0.3 is 0 Å². The van der Waals surface area contributed by atoms with E-state index in [1.807, 2.05) is 24.3 Å². The van der Waals surface area contributed by atoms with Gasteiger partial charge in [-0.3, -0.25) is 4.79 Å². The number of hydrogen-bond acceptors (Lipinski definition) is 4. The molecule has 1 aliphatic carbocycles. The first-order valence-electron chi connectivity index (χ1n) is 9.13. The van der Waals surface area contributed by atoms with Crippen LogP contribution in [-0.4, -0.2) is 38.0 Å². The topological polar surface area (TPSA) is 72.5 Å². The molecule has 1 aromatic carbocycles. The fraction of sp³-hybridized carbons (Fsp3) is 0.632. The largest absolute Gasteiger partial charge is 0.490 e. The summed E-state index contributed by atoms with van der Waals surface area (Å²) in [5.74, 6) is 0.828. The molecule has 1 fully saturated rings. The van der Waals surface area contributed by atoms with Crippen LogP contribution in [0.1, 0.15) is 51.5 Å². The Morgan fingerprint density at radius 1 is 1.32 bits per heavy atom. The van der Waals surface area contributed by atoms with Crippen molar-refractivity contribution in [3.05, 3.63) is 29.8 Å². The van der Waals surface area contributed by atoms with Crippen LogP contribution in [0.3, 0.4) is 0 Å². The molecule has 1 saturated carbocycles. The normalized spacial score (nSPS) is 16.6. The fourth-order valence-electron chi connectivity index (χ4n) is 3.12. The van der Waals surface area contributed by atoms with Gasteiger partial charge in [-0.15, -0.1) is 0 Å². The van der Waals surface area contributed by atoms with Crippen molar-refractivity contribution in [1.82, 2.24) is 5.32 Å². The molecule has 0 unspecified atom stereocenters. The molecule has 0 aliphatic heterocycles. The highest BCUT2D eigenvalue weighted by molar-refractivity contribution is 7.91. The second kappa shape index (κ2) is 9.22. The van der Waals surface area contributed by atoms with Crippen LogP contribution in [0.4, 0.5) is 0 Å². The van der Waals surface area contributed by atoms with Crippen LogP contribution in [-0.2, 0) is 21.1 Å². The molecular weight excluding hydrogens is 338 g/mol. The molecule has 25 heavy (non-hydrogen) atoms. The van der Waals surface area contributed by atoms with Gasteiger partial charge in [-0.2, -0.15) is 0 Å². The summed E-state index contributed by atoms with van der Waals surface area (Å²) in [7, 11) is -3.08. The van der Waals surface area contributed by atoms with Crippen LogP contribution in [0.25, 0.3) is 0 Å². The van der Waals surface area contributed by atoms with Crippen molar-refractivity contribution < 1.29 is 17.9 Å². The molecule has 0 heterocycles. The lowest BCUT2D eigenvalue weighted by Crippen LogP contribution is -2.38. The van der Waals surface area contributed by atoms with Crippen molar-refractivity contribution in [2.45, 2.75) is 64.5 Å². The second-order valence-electron chi connectivity index (χ2n) is 6.84. The summed E-state index contributed by atoms with van der Waals surface area (Å²) in [5, 5.41) is 2.76. The van der Waals surface area contributed by atoms with E-state index < -0.39 is 9.84 Å². The zero-order chi connectivity index (χ0) is 18.3. The lowest BCUT2D eigenvalue weighted by Gasteiger charge is -2.15. The lowest BCUT2D eigenvalue weighted by atomic mass is 10.1. The van der Waals surface area contributed by atoms with E-state index in [1.54, 1.807) is 13.8 Å². The van der Waals surface area contributed by atoms with Gasteiger partial charge in [0.2, 0.25) is 5.91 Å². The Hall–Kier alpha value is -1.56. The maximum Gasteiger partial charge on any atom is 0.220 e. The summed E-state index contributed by atoms with van der Waals surface area (Å²) >= 11 is 0. The van der Waals surface area contributed by atoms with E-state index in [1.165, 1.54) is 12.8 Å². The molecule has 1 atom stereocenters. The van der Waals surface area contributed by atoms with Gasteiger partial charge in [0.25, 0.3) is 0 Å². The molecule has 1 aromatic rings. The number of carbonyl (C=O) groups excluding carboxylic acids is 1. The molecule has 0 radical (unpaired) electrons. The van der Waals surface area contributed by atoms with Crippen molar-refractivity contribution >= 4 is 15.7 Å². The first kappa shape index (κ1) is 19.8. The molecule has 1 N–H and O–H groups in total. The molecule has 140 valence electrons. The van der Waals surface area contributed by atoms with E-state index in [2.05, 4.69) is 5.32 Å². The van der Waals surface area contributed by atoms with Crippen molar-refractivity contribution in [2.75, 3.05) is 11.5 Å². The average molecular weight is 368 g/mol. The lowest BCUT2D eigenvalue weighted by molar-refractivity contribution is -0.121. The number of sulfone groups is 1. The number of rotatable bonds is 9. The number of hydrogen-bond donors (Lipinski definition) is 1. The van der Waals surface area contributed by atoms with Gasteiger partial charge in [-0.05, 0) is 56.7 Å². The fourth-order valence-corrected chi connectivity index (χ4v) is 4.20. The number of nitrogens with one attached hydrogen (secondary N) is 1. The molecule has 5 nitrogen and oxygen atoms in total. The van der Waals surface area contributed by atoms with Crippen molar-refractivity contribution in [2.24, 2.45) is 0 Å². The van der Waals surface area contributed by atoms with Crippen LogP contribution in [0, 0.1) is 0 Å². The second-order valence-corrected chi connectivity index (χ2v) is 9.24. The average Bonchev–Trinajstić information content (AvgIpc) is 3.05. The maximum absolute atomic E-state index is 12.0. The highest BCUT2D eigenvalue weighted by Crippen LogP contribution is 2.24. The van der Waals surface area contributed by atoms with E-state index >= 15 is 0 Å².